The summed E-state index contributed by atoms with van der Waals surface area (Å²) in [4.78, 5) is 2.38. The van der Waals surface area contributed by atoms with Crippen molar-refractivity contribution in [3.8, 4) is 0 Å². The molecule has 2 N–H and O–H groups in total. The zero-order valence-corrected chi connectivity index (χ0v) is 10.4. The fourth-order valence-corrected chi connectivity index (χ4v) is 1.98. The Morgan fingerprint density at radius 1 is 1.33 bits per heavy atom. The van der Waals surface area contributed by atoms with Gasteiger partial charge in [0, 0.05) is 6.04 Å². The number of likely N-dealkylation sites (tertiary alicyclic amines) is 1. The molecule has 1 saturated heterocycles. The number of aliphatic hydroxyl groups is 1. The highest BCUT2D eigenvalue weighted by molar-refractivity contribution is 4.75. The fraction of sp³-hybridized carbons (Fsp3) is 1.00. The second-order valence-electron chi connectivity index (χ2n) is 5.13. The first kappa shape index (κ1) is 12.9. The summed E-state index contributed by atoms with van der Waals surface area (Å²) in [6.07, 6.45) is 3.22. The molecule has 15 heavy (non-hydrogen) atoms. The van der Waals surface area contributed by atoms with E-state index < -0.39 is 0 Å². The van der Waals surface area contributed by atoms with Crippen LogP contribution in [0.15, 0.2) is 0 Å². The molecule has 1 aliphatic rings. The quantitative estimate of drug-likeness (QED) is 0.719. The Morgan fingerprint density at radius 3 is 2.47 bits per heavy atom. The van der Waals surface area contributed by atoms with Crippen LogP contribution < -0.4 is 5.32 Å². The van der Waals surface area contributed by atoms with Crippen LogP contribution in [-0.4, -0.2) is 48.8 Å². The molecule has 0 bridgehead atoms. The summed E-state index contributed by atoms with van der Waals surface area (Å²) < 4.78 is 0. The molecule has 0 radical (unpaired) electrons. The molecular weight excluding hydrogens is 188 g/mol. The van der Waals surface area contributed by atoms with Crippen molar-refractivity contribution < 1.29 is 5.11 Å². The van der Waals surface area contributed by atoms with Crippen LogP contribution in [0, 0.1) is 5.92 Å². The largest absolute Gasteiger partial charge is 0.393 e. The lowest BCUT2D eigenvalue weighted by Crippen LogP contribution is -2.41. The molecule has 0 saturated carbocycles. The number of piperidine rings is 1. The molecule has 3 heteroatoms. The highest BCUT2D eigenvalue weighted by atomic mass is 16.3. The molecule has 0 aromatic carbocycles. The minimum absolute atomic E-state index is 0.149. The summed E-state index contributed by atoms with van der Waals surface area (Å²) in [5.74, 6) is 0.379. The van der Waals surface area contributed by atoms with Crippen LogP contribution >= 0.6 is 0 Å². The van der Waals surface area contributed by atoms with Crippen LogP contribution in [0.1, 0.15) is 33.1 Å². The van der Waals surface area contributed by atoms with Crippen LogP contribution in [-0.2, 0) is 0 Å². The summed E-state index contributed by atoms with van der Waals surface area (Å²) in [5, 5.41) is 13.2. The first-order chi connectivity index (χ1) is 7.09. The highest BCUT2D eigenvalue weighted by Gasteiger charge is 2.16. The molecule has 0 aromatic heterocycles. The van der Waals surface area contributed by atoms with E-state index in [1.165, 1.54) is 25.9 Å². The van der Waals surface area contributed by atoms with Gasteiger partial charge < -0.3 is 15.3 Å². The van der Waals surface area contributed by atoms with E-state index in [1.807, 2.05) is 0 Å². The average molecular weight is 214 g/mol. The number of rotatable bonds is 5. The molecule has 1 aliphatic heterocycles. The lowest BCUT2D eigenvalue weighted by molar-refractivity contribution is 0.113. The van der Waals surface area contributed by atoms with Gasteiger partial charge in [0.05, 0.1) is 6.10 Å². The van der Waals surface area contributed by atoms with Gasteiger partial charge in [-0.05, 0) is 51.9 Å². The van der Waals surface area contributed by atoms with Gasteiger partial charge in [0.2, 0.25) is 0 Å². The Kier molecular flexibility index (Phi) is 5.58. The maximum Gasteiger partial charge on any atom is 0.0575 e. The predicted molar refractivity (Wildman–Crippen MR) is 64.0 cm³/mol. The third-order valence-electron chi connectivity index (χ3n) is 3.36. The zero-order chi connectivity index (χ0) is 11.3. The third kappa shape index (κ3) is 4.96. The van der Waals surface area contributed by atoms with Crippen molar-refractivity contribution >= 4 is 0 Å². The normalized spacial score (nSPS) is 22.2. The second kappa shape index (κ2) is 6.46. The van der Waals surface area contributed by atoms with Crippen LogP contribution in [0.3, 0.4) is 0 Å². The van der Waals surface area contributed by atoms with Gasteiger partial charge in [0.15, 0.2) is 0 Å². The van der Waals surface area contributed by atoms with Gasteiger partial charge in [-0.2, -0.15) is 0 Å². The number of hydrogen-bond donors (Lipinski definition) is 2. The molecule has 3 nitrogen and oxygen atoms in total. The molecule has 1 heterocycles. The molecular formula is C12H26N2O. The fourth-order valence-electron chi connectivity index (χ4n) is 1.98. The maximum absolute atomic E-state index is 9.65. The average Bonchev–Trinajstić information content (AvgIpc) is 2.20. The van der Waals surface area contributed by atoms with Crippen molar-refractivity contribution in [2.75, 3.05) is 26.7 Å². The first-order valence-electron chi connectivity index (χ1n) is 6.19. The maximum atomic E-state index is 9.65. The molecule has 1 unspecified atom stereocenters. The Labute approximate surface area is 93.9 Å². The van der Waals surface area contributed by atoms with E-state index in [1.54, 1.807) is 0 Å². The molecule has 0 amide bonds. The van der Waals surface area contributed by atoms with Gasteiger partial charge in [-0.25, -0.2) is 0 Å². The van der Waals surface area contributed by atoms with E-state index in [0.29, 0.717) is 12.0 Å². The van der Waals surface area contributed by atoms with Gasteiger partial charge in [-0.1, -0.05) is 13.8 Å². The van der Waals surface area contributed by atoms with Crippen molar-refractivity contribution in [3.05, 3.63) is 0 Å². The summed E-state index contributed by atoms with van der Waals surface area (Å²) >= 11 is 0. The Hall–Kier alpha value is -0.120. The monoisotopic (exact) mass is 214 g/mol. The van der Waals surface area contributed by atoms with E-state index >= 15 is 0 Å². The number of hydrogen-bond acceptors (Lipinski definition) is 3. The SMILES string of the molecule is CC(C)C(O)CCNC1CCN(C)CC1. The highest BCUT2D eigenvalue weighted by Crippen LogP contribution is 2.09. The third-order valence-corrected chi connectivity index (χ3v) is 3.36. The van der Waals surface area contributed by atoms with Crippen molar-refractivity contribution in [3.63, 3.8) is 0 Å². The topological polar surface area (TPSA) is 35.5 Å². The van der Waals surface area contributed by atoms with Gasteiger partial charge >= 0.3 is 0 Å². The van der Waals surface area contributed by atoms with E-state index in [0.717, 1.165) is 13.0 Å². The molecule has 90 valence electrons. The summed E-state index contributed by atoms with van der Waals surface area (Å²) in [6.45, 7) is 7.49. The molecule has 0 aliphatic carbocycles. The van der Waals surface area contributed by atoms with Gasteiger partial charge in [-0.3, -0.25) is 0 Å². The van der Waals surface area contributed by atoms with Gasteiger partial charge in [-0.15, -0.1) is 0 Å². The Bertz CT molecular complexity index is 165. The Morgan fingerprint density at radius 2 is 1.93 bits per heavy atom. The lowest BCUT2D eigenvalue weighted by Gasteiger charge is -2.30. The zero-order valence-electron chi connectivity index (χ0n) is 10.4. The van der Waals surface area contributed by atoms with Crippen LogP contribution in [0.4, 0.5) is 0 Å². The number of nitrogens with zero attached hydrogens (tertiary/aromatic N) is 1. The van der Waals surface area contributed by atoms with Crippen LogP contribution in [0.25, 0.3) is 0 Å². The van der Waals surface area contributed by atoms with Crippen molar-refractivity contribution in [2.24, 2.45) is 5.92 Å². The molecule has 1 atom stereocenters. The molecule has 1 fully saturated rings. The van der Waals surface area contributed by atoms with Crippen molar-refractivity contribution in [2.45, 2.75) is 45.3 Å². The Balaban J connectivity index is 2.05. The van der Waals surface area contributed by atoms with Crippen LogP contribution in [0.2, 0.25) is 0 Å². The number of nitrogens with one attached hydrogen (secondary N) is 1. The summed E-state index contributed by atoms with van der Waals surface area (Å²) in [5.41, 5.74) is 0. The summed E-state index contributed by atoms with van der Waals surface area (Å²) in [7, 11) is 2.18. The van der Waals surface area contributed by atoms with E-state index in [9.17, 15) is 5.11 Å². The van der Waals surface area contributed by atoms with E-state index in [4.69, 9.17) is 0 Å². The summed E-state index contributed by atoms with van der Waals surface area (Å²) in [6, 6.07) is 0.667. The van der Waals surface area contributed by atoms with E-state index in [2.05, 4.69) is 31.1 Å². The van der Waals surface area contributed by atoms with Crippen molar-refractivity contribution in [1.29, 1.82) is 0 Å². The molecule has 1 rings (SSSR count). The number of aliphatic hydroxyl groups excluding tert-OH is 1. The van der Waals surface area contributed by atoms with Crippen LogP contribution in [0.5, 0.6) is 0 Å². The van der Waals surface area contributed by atoms with Gasteiger partial charge in [0.25, 0.3) is 0 Å². The standard InChI is InChI=1S/C12H26N2O/c1-10(2)12(15)4-7-13-11-5-8-14(3)9-6-11/h10-13,15H,4-9H2,1-3H3. The van der Waals surface area contributed by atoms with E-state index in [-0.39, 0.29) is 6.10 Å². The predicted octanol–water partition coefficient (Wildman–Crippen LogP) is 1.08. The van der Waals surface area contributed by atoms with Gasteiger partial charge in [0.1, 0.15) is 0 Å². The first-order valence-corrected chi connectivity index (χ1v) is 6.19. The molecule has 0 aromatic rings. The lowest BCUT2D eigenvalue weighted by atomic mass is 10.0. The smallest absolute Gasteiger partial charge is 0.0575 e. The molecule has 0 spiro atoms. The second-order valence-corrected chi connectivity index (χ2v) is 5.13. The minimum atomic E-state index is -0.149. The van der Waals surface area contributed by atoms with Crippen molar-refractivity contribution in [1.82, 2.24) is 10.2 Å². The minimum Gasteiger partial charge on any atom is -0.393 e.